The molecule has 2 rings (SSSR count). The molecular weight excluding hydrogens is 256 g/mol. The Kier molecular flexibility index (Phi) is 4.43. The minimum absolute atomic E-state index is 0.00330. The third-order valence-electron chi connectivity index (χ3n) is 3.08. The normalized spacial score (nSPS) is 11.3. The molecule has 0 saturated carbocycles. The molecule has 2 aromatic rings. The maximum absolute atomic E-state index is 5.83. The smallest absolute Gasteiger partial charge is 0.126 e. The summed E-state index contributed by atoms with van der Waals surface area (Å²) in [6, 6.07) is 14.3. The van der Waals surface area contributed by atoms with Crippen molar-refractivity contribution in [1.29, 1.82) is 0 Å². The van der Waals surface area contributed by atoms with E-state index in [0.717, 1.165) is 18.7 Å². The predicted molar refractivity (Wildman–Crippen MR) is 81.7 cm³/mol. The molecule has 1 heterocycles. The van der Waals surface area contributed by atoms with Gasteiger partial charge in [0.25, 0.3) is 0 Å². The molecule has 2 nitrogen and oxygen atoms in total. The molecule has 0 spiro atoms. The number of nitrogens with one attached hydrogen (secondary N) is 1. The van der Waals surface area contributed by atoms with Gasteiger partial charge in [-0.1, -0.05) is 41.9 Å². The Morgan fingerprint density at radius 1 is 1.11 bits per heavy atom. The van der Waals surface area contributed by atoms with Crippen LogP contribution in [0.4, 0.5) is 5.82 Å². The van der Waals surface area contributed by atoms with Crippen molar-refractivity contribution in [2.75, 3.05) is 5.32 Å². The summed E-state index contributed by atoms with van der Waals surface area (Å²) in [5, 5.41) is 4.11. The first-order valence-corrected chi connectivity index (χ1v) is 6.87. The molecule has 19 heavy (non-hydrogen) atoms. The Bertz CT molecular complexity index is 506. The molecule has 3 heteroatoms. The van der Waals surface area contributed by atoms with Gasteiger partial charge in [0.2, 0.25) is 0 Å². The number of hydrogen-bond acceptors (Lipinski definition) is 2. The molecule has 0 atom stereocenters. The lowest BCUT2D eigenvalue weighted by atomic mass is 9.95. The summed E-state index contributed by atoms with van der Waals surface area (Å²) in [5.41, 5.74) is 1.36. The zero-order valence-corrected chi connectivity index (χ0v) is 12.1. The Hall–Kier alpha value is -1.54. The second-order valence-corrected chi connectivity index (χ2v) is 5.79. The molecule has 0 aliphatic heterocycles. The van der Waals surface area contributed by atoms with Crippen LogP contribution >= 0.6 is 11.6 Å². The van der Waals surface area contributed by atoms with Crippen LogP contribution in [0.3, 0.4) is 0 Å². The highest BCUT2D eigenvalue weighted by Gasteiger charge is 2.17. The molecule has 0 aliphatic rings. The number of nitrogens with zero attached hydrogens (tertiary/aromatic N) is 1. The van der Waals surface area contributed by atoms with E-state index >= 15 is 0 Å². The Balaban J connectivity index is 1.93. The second kappa shape index (κ2) is 6.07. The van der Waals surface area contributed by atoms with Crippen LogP contribution in [0.1, 0.15) is 25.8 Å². The molecule has 0 fully saturated rings. The van der Waals surface area contributed by atoms with Gasteiger partial charge in [-0.25, -0.2) is 4.98 Å². The quantitative estimate of drug-likeness (QED) is 0.865. The number of anilines is 1. The Morgan fingerprint density at radius 3 is 2.47 bits per heavy atom. The van der Waals surface area contributed by atoms with Crippen molar-refractivity contribution in [3.05, 3.63) is 59.2 Å². The fourth-order valence-corrected chi connectivity index (χ4v) is 2.07. The second-order valence-electron chi connectivity index (χ2n) is 5.36. The van der Waals surface area contributed by atoms with Crippen molar-refractivity contribution in [2.45, 2.75) is 32.2 Å². The van der Waals surface area contributed by atoms with Gasteiger partial charge < -0.3 is 5.32 Å². The molecule has 1 N–H and O–H groups in total. The van der Waals surface area contributed by atoms with Gasteiger partial charge in [0.1, 0.15) is 5.82 Å². The molecule has 0 saturated heterocycles. The fourth-order valence-electron chi connectivity index (χ4n) is 1.96. The maximum atomic E-state index is 5.83. The van der Waals surface area contributed by atoms with Crippen molar-refractivity contribution in [3.8, 4) is 0 Å². The van der Waals surface area contributed by atoms with Gasteiger partial charge in [-0.3, -0.25) is 0 Å². The van der Waals surface area contributed by atoms with E-state index in [0.29, 0.717) is 5.02 Å². The van der Waals surface area contributed by atoms with Gasteiger partial charge >= 0.3 is 0 Å². The van der Waals surface area contributed by atoms with Crippen molar-refractivity contribution >= 4 is 17.4 Å². The van der Waals surface area contributed by atoms with Crippen LogP contribution in [0.2, 0.25) is 5.02 Å². The summed E-state index contributed by atoms with van der Waals surface area (Å²) in [7, 11) is 0. The van der Waals surface area contributed by atoms with Gasteiger partial charge in [0, 0.05) is 11.7 Å². The van der Waals surface area contributed by atoms with E-state index in [2.05, 4.69) is 48.4 Å². The van der Waals surface area contributed by atoms with Gasteiger partial charge in [-0.05, 0) is 44.4 Å². The maximum Gasteiger partial charge on any atom is 0.126 e. The average molecular weight is 275 g/mol. The lowest BCUT2D eigenvalue weighted by Crippen LogP contribution is -2.31. The van der Waals surface area contributed by atoms with Crippen LogP contribution in [0.5, 0.6) is 0 Å². The molecule has 0 aliphatic carbocycles. The van der Waals surface area contributed by atoms with Crippen molar-refractivity contribution in [3.63, 3.8) is 0 Å². The highest BCUT2D eigenvalue weighted by atomic mass is 35.5. The molecule has 0 amide bonds. The SMILES string of the molecule is CC(C)(CCc1ccccc1)Nc1ccc(Cl)cn1. The zero-order chi connectivity index (χ0) is 13.7. The van der Waals surface area contributed by atoms with E-state index in [9.17, 15) is 0 Å². The monoisotopic (exact) mass is 274 g/mol. The first kappa shape index (κ1) is 13.9. The minimum atomic E-state index is -0.00330. The van der Waals surface area contributed by atoms with E-state index in [-0.39, 0.29) is 5.54 Å². The lowest BCUT2D eigenvalue weighted by Gasteiger charge is -2.27. The number of hydrogen-bond donors (Lipinski definition) is 1. The first-order valence-electron chi connectivity index (χ1n) is 6.49. The van der Waals surface area contributed by atoms with Crippen molar-refractivity contribution < 1.29 is 0 Å². The van der Waals surface area contributed by atoms with Crippen LogP contribution in [0.25, 0.3) is 0 Å². The first-order chi connectivity index (χ1) is 9.05. The summed E-state index contributed by atoms with van der Waals surface area (Å²) >= 11 is 5.83. The molecule has 0 bridgehead atoms. The molecular formula is C16H19ClN2. The van der Waals surface area contributed by atoms with E-state index in [1.165, 1.54) is 5.56 Å². The van der Waals surface area contributed by atoms with Crippen LogP contribution in [0, 0.1) is 0 Å². The van der Waals surface area contributed by atoms with E-state index < -0.39 is 0 Å². The summed E-state index contributed by atoms with van der Waals surface area (Å²) in [5.74, 6) is 0.863. The number of aryl methyl sites for hydroxylation is 1. The topological polar surface area (TPSA) is 24.9 Å². The molecule has 1 aromatic carbocycles. The molecule has 100 valence electrons. The Morgan fingerprint density at radius 2 is 1.84 bits per heavy atom. The highest BCUT2D eigenvalue weighted by Crippen LogP contribution is 2.19. The summed E-state index contributed by atoms with van der Waals surface area (Å²) in [4.78, 5) is 4.28. The number of rotatable bonds is 5. The third-order valence-corrected chi connectivity index (χ3v) is 3.30. The third kappa shape index (κ3) is 4.56. The predicted octanol–water partition coefficient (Wildman–Crippen LogP) is 4.56. The van der Waals surface area contributed by atoms with Crippen molar-refractivity contribution in [1.82, 2.24) is 4.98 Å². The van der Waals surface area contributed by atoms with Crippen LogP contribution < -0.4 is 5.32 Å². The Labute approximate surface area is 119 Å². The number of aromatic nitrogens is 1. The zero-order valence-electron chi connectivity index (χ0n) is 11.4. The molecule has 1 aromatic heterocycles. The van der Waals surface area contributed by atoms with Gasteiger partial charge in [-0.15, -0.1) is 0 Å². The van der Waals surface area contributed by atoms with Crippen LogP contribution in [0.15, 0.2) is 48.7 Å². The van der Waals surface area contributed by atoms with Gasteiger partial charge in [0.15, 0.2) is 0 Å². The number of benzene rings is 1. The van der Waals surface area contributed by atoms with E-state index in [1.807, 2.05) is 18.2 Å². The van der Waals surface area contributed by atoms with Crippen LogP contribution in [-0.2, 0) is 6.42 Å². The molecule has 0 unspecified atom stereocenters. The minimum Gasteiger partial charge on any atom is -0.365 e. The van der Waals surface area contributed by atoms with Gasteiger partial charge in [-0.2, -0.15) is 0 Å². The van der Waals surface area contributed by atoms with Gasteiger partial charge in [0.05, 0.1) is 5.02 Å². The van der Waals surface area contributed by atoms with E-state index in [4.69, 9.17) is 11.6 Å². The number of pyridine rings is 1. The summed E-state index contributed by atoms with van der Waals surface area (Å²) in [6.07, 6.45) is 3.76. The molecule has 0 radical (unpaired) electrons. The fraction of sp³-hybridized carbons (Fsp3) is 0.312. The number of halogens is 1. The highest BCUT2D eigenvalue weighted by molar-refractivity contribution is 6.30. The van der Waals surface area contributed by atoms with Crippen molar-refractivity contribution in [2.24, 2.45) is 0 Å². The summed E-state index contributed by atoms with van der Waals surface area (Å²) < 4.78 is 0. The summed E-state index contributed by atoms with van der Waals surface area (Å²) in [6.45, 7) is 4.37. The van der Waals surface area contributed by atoms with Crippen LogP contribution in [-0.4, -0.2) is 10.5 Å². The average Bonchev–Trinajstić information content (AvgIpc) is 2.40. The van der Waals surface area contributed by atoms with E-state index in [1.54, 1.807) is 6.20 Å². The standard InChI is InChI=1S/C16H19ClN2/c1-16(2,11-10-13-6-4-3-5-7-13)19-15-9-8-14(17)12-18-15/h3-9,12H,10-11H2,1-2H3,(H,18,19). The largest absolute Gasteiger partial charge is 0.365 e. The lowest BCUT2D eigenvalue weighted by molar-refractivity contribution is 0.516.